The second-order valence-electron chi connectivity index (χ2n) is 5.42. The van der Waals surface area contributed by atoms with Gasteiger partial charge < -0.3 is 9.69 Å². The molecule has 0 aliphatic carbocycles. The highest BCUT2D eigenvalue weighted by molar-refractivity contribution is 5.79. The second kappa shape index (κ2) is 6.51. The Morgan fingerprint density at radius 3 is 2.60 bits per heavy atom. The molecule has 106 valence electrons. The largest absolute Gasteiger partial charge is 0.336 e. The molecule has 0 aromatic heterocycles. The molecule has 3 nitrogen and oxygen atoms in total. The van der Waals surface area contributed by atoms with E-state index in [9.17, 15) is 9.59 Å². The van der Waals surface area contributed by atoms with Crippen molar-refractivity contribution in [2.24, 2.45) is 5.92 Å². The minimum absolute atomic E-state index is 0.0829. The number of allylic oxidation sites excluding steroid dienone is 1. The summed E-state index contributed by atoms with van der Waals surface area (Å²) in [6.45, 7) is 5.11. The number of aryl methyl sites for hydroxylation is 2. The van der Waals surface area contributed by atoms with Crippen LogP contribution in [0.15, 0.2) is 24.3 Å². The standard InChI is InChI=1S/C17H21NO2/c1-13-4-3-5-14(2)16(13)7-6-15-8-9-18(10-11-19)17(20)12-15/h3-7,11,15H,8-10,12H2,1-2H3/b7-6+. The first-order valence-electron chi connectivity index (χ1n) is 7.07. The van der Waals surface area contributed by atoms with Crippen molar-refractivity contribution in [1.82, 2.24) is 4.90 Å². The summed E-state index contributed by atoms with van der Waals surface area (Å²) >= 11 is 0. The van der Waals surface area contributed by atoms with E-state index in [-0.39, 0.29) is 18.4 Å². The van der Waals surface area contributed by atoms with Crippen molar-refractivity contribution in [3.63, 3.8) is 0 Å². The number of likely N-dealkylation sites (tertiary alicyclic amines) is 1. The lowest BCUT2D eigenvalue weighted by atomic mass is 9.93. The molecule has 20 heavy (non-hydrogen) atoms. The summed E-state index contributed by atoms with van der Waals surface area (Å²) in [5.74, 6) is 0.365. The predicted molar refractivity (Wildman–Crippen MR) is 80.3 cm³/mol. The molecule has 3 heteroatoms. The minimum Gasteiger partial charge on any atom is -0.336 e. The molecular weight excluding hydrogens is 250 g/mol. The van der Waals surface area contributed by atoms with E-state index in [1.165, 1.54) is 16.7 Å². The number of hydrogen-bond donors (Lipinski definition) is 0. The van der Waals surface area contributed by atoms with Crippen molar-refractivity contribution in [3.05, 3.63) is 41.0 Å². The Bertz CT molecular complexity index is 514. The topological polar surface area (TPSA) is 37.4 Å². The molecule has 1 aromatic carbocycles. The van der Waals surface area contributed by atoms with Gasteiger partial charge in [0.15, 0.2) is 0 Å². The van der Waals surface area contributed by atoms with Gasteiger partial charge in [0, 0.05) is 13.0 Å². The smallest absolute Gasteiger partial charge is 0.223 e. The van der Waals surface area contributed by atoms with Gasteiger partial charge in [0.05, 0.1) is 6.54 Å². The predicted octanol–water partition coefficient (Wildman–Crippen LogP) is 2.75. The van der Waals surface area contributed by atoms with Crippen LogP contribution in [-0.2, 0) is 9.59 Å². The van der Waals surface area contributed by atoms with Crippen LogP contribution in [0.3, 0.4) is 0 Å². The Kier molecular flexibility index (Phi) is 4.72. The number of benzene rings is 1. The Morgan fingerprint density at radius 1 is 1.30 bits per heavy atom. The molecule has 1 aliphatic heterocycles. The summed E-state index contributed by atoms with van der Waals surface area (Å²) in [7, 11) is 0. The minimum atomic E-state index is 0.0829. The van der Waals surface area contributed by atoms with E-state index in [1.54, 1.807) is 4.90 Å². The zero-order chi connectivity index (χ0) is 14.5. The average molecular weight is 271 g/mol. The van der Waals surface area contributed by atoms with Gasteiger partial charge in [0.2, 0.25) is 5.91 Å². The van der Waals surface area contributed by atoms with Crippen molar-refractivity contribution >= 4 is 18.3 Å². The maximum absolute atomic E-state index is 11.9. The summed E-state index contributed by atoms with van der Waals surface area (Å²) in [6.07, 6.45) is 6.52. The van der Waals surface area contributed by atoms with Crippen LogP contribution in [0.2, 0.25) is 0 Å². The lowest BCUT2D eigenvalue weighted by Crippen LogP contribution is -2.39. The quantitative estimate of drug-likeness (QED) is 0.790. The zero-order valence-corrected chi connectivity index (χ0v) is 12.1. The van der Waals surface area contributed by atoms with Gasteiger partial charge in [-0.25, -0.2) is 0 Å². The monoisotopic (exact) mass is 271 g/mol. The van der Waals surface area contributed by atoms with Crippen molar-refractivity contribution in [2.75, 3.05) is 13.1 Å². The van der Waals surface area contributed by atoms with E-state index in [2.05, 4.69) is 44.2 Å². The van der Waals surface area contributed by atoms with Crippen LogP contribution in [0.4, 0.5) is 0 Å². The number of carbonyl (C=O) groups excluding carboxylic acids is 2. The molecule has 2 rings (SSSR count). The molecular formula is C17H21NO2. The van der Waals surface area contributed by atoms with Crippen molar-refractivity contribution < 1.29 is 9.59 Å². The zero-order valence-electron chi connectivity index (χ0n) is 12.1. The molecule has 1 heterocycles. The molecule has 1 aliphatic rings. The molecule has 0 spiro atoms. The summed E-state index contributed by atoms with van der Waals surface area (Å²) in [5.41, 5.74) is 3.76. The number of rotatable bonds is 4. The molecule has 0 bridgehead atoms. The highest BCUT2D eigenvalue weighted by Crippen LogP contribution is 2.22. The Hall–Kier alpha value is -1.90. The molecule has 1 saturated heterocycles. The summed E-state index contributed by atoms with van der Waals surface area (Å²) in [5, 5.41) is 0. The van der Waals surface area contributed by atoms with Gasteiger partial charge >= 0.3 is 0 Å². The number of carbonyl (C=O) groups is 2. The van der Waals surface area contributed by atoms with Crippen LogP contribution in [0.5, 0.6) is 0 Å². The van der Waals surface area contributed by atoms with E-state index < -0.39 is 0 Å². The molecule has 1 amide bonds. The number of piperidine rings is 1. The van der Waals surface area contributed by atoms with Gasteiger partial charge in [-0.2, -0.15) is 0 Å². The van der Waals surface area contributed by atoms with Crippen LogP contribution in [0.25, 0.3) is 6.08 Å². The summed E-state index contributed by atoms with van der Waals surface area (Å²) in [6, 6.07) is 6.26. The van der Waals surface area contributed by atoms with Crippen LogP contribution < -0.4 is 0 Å². The highest BCUT2D eigenvalue weighted by atomic mass is 16.2. The molecule has 0 saturated carbocycles. The first-order chi connectivity index (χ1) is 9.61. The van der Waals surface area contributed by atoms with E-state index in [1.807, 2.05) is 0 Å². The van der Waals surface area contributed by atoms with Crippen LogP contribution >= 0.6 is 0 Å². The SMILES string of the molecule is Cc1cccc(C)c1/C=C/C1CCN(CC=O)C(=O)C1. The van der Waals surface area contributed by atoms with Gasteiger partial charge in [-0.1, -0.05) is 30.4 Å². The average Bonchev–Trinajstić information content (AvgIpc) is 2.41. The molecule has 1 aromatic rings. The van der Waals surface area contributed by atoms with Crippen LogP contribution in [0, 0.1) is 19.8 Å². The maximum atomic E-state index is 11.9. The first-order valence-corrected chi connectivity index (χ1v) is 7.07. The lowest BCUT2D eigenvalue weighted by molar-refractivity contribution is -0.136. The number of amides is 1. The van der Waals surface area contributed by atoms with Gasteiger partial charge in [-0.3, -0.25) is 4.79 Å². The fourth-order valence-electron chi connectivity index (χ4n) is 2.67. The summed E-state index contributed by atoms with van der Waals surface area (Å²) < 4.78 is 0. The molecule has 1 unspecified atom stereocenters. The fourth-order valence-corrected chi connectivity index (χ4v) is 2.67. The third-order valence-corrected chi connectivity index (χ3v) is 3.93. The third kappa shape index (κ3) is 3.35. The third-order valence-electron chi connectivity index (χ3n) is 3.93. The van der Waals surface area contributed by atoms with Gasteiger partial charge in [-0.05, 0) is 42.9 Å². The lowest BCUT2D eigenvalue weighted by Gasteiger charge is -2.28. The fraction of sp³-hybridized carbons (Fsp3) is 0.412. The summed E-state index contributed by atoms with van der Waals surface area (Å²) in [4.78, 5) is 24.0. The Morgan fingerprint density at radius 2 is 2.00 bits per heavy atom. The van der Waals surface area contributed by atoms with Crippen molar-refractivity contribution in [2.45, 2.75) is 26.7 Å². The second-order valence-corrected chi connectivity index (χ2v) is 5.42. The van der Waals surface area contributed by atoms with Crippen molar-refractivity contribution in [3.8, 4) is 0 Å². The number of aldehydes is 1. The molecule has 1 fully saturated rings. The van der Waals surface area contributed by atoms with E-state index in [0.29, 0.717) is 13.0 Å². The van der Waals surface area contributed by atoms with Gasteiger partial charge in [-0.15, -0.1) is 0 Å². The number of nitrogens with zero attached hydrogens (tertiary/aromatic N) is 1. The van der Waals surface area contributed by atoms with Crippen molar-refractivity contribution in [1.29, 1.82) is 0 Å². The Balaban J connectivity index is 2.03. The van der Waals surface area contributed by atoms with E-state index in [4.69, 9.17) is 0 Å². The van der Waals surface area contributed by atoms with E-state index in [0.717, 1.165) is 12.7 Å². The maximum Gasteiger partial charge on any atom is 0.223 e. The Labute approximate surface area is 120 Å². The first kappa shape index (κ1) is 14.5. The van der Waals surface area contributed by atoms with Gasteiger partial charge in [0.25, 0.3) is 0 Å². The molecule has 1 atom stereocenters. The highest BCUT2D eigenvalue weighted by Gasteiger charge is 2.23. The normalized spacial score (nSPS) is 19.6. The van der Waals surface area contributed by atoms with Crippen LogP contribution in [0.1, 0.15) is 29.5 Å². The van der Waals surface area contributed by atoms with Gasteiger partial charge in [0.1, 0.15) is 6.29 Å². The molecule has 0 N–H and O–H groups in total. The molecule has 0 radical (unpaired) electrons. The van der Waals surface area contributed by atoms with Crippen LogP contribution in [-0.4, -0.2) is 30.2 Å². The van der Waals surface area contributed by atoms with E-state index >= 15 is 0 Å². The number of hydrogen-bond acceptors (Lipinski definition) is 2.